The number of aromatic nitrogens is 2. The topological polar surface area (TPSA) is 133 Å². The maximum Gasteiger partial charge on any atom is 0.342 e. The van der Waals surface area contributed by atoms with Crippen LogP contribution in [-0.4, -0.2) is 41.1 Å². The summed E-state index contributed by atoms with van der Waals surface area (Å²) in [7, 11) is 1.35. The molecule has 0 aliphatic heterocycles. The van der Waals surface area contributed by atoms with Crippen molar-refractivity contribution in [3.05, 3.63) is 28.0 Å². The minimum absolute atomic E-state index is 0.0228. The summed E-state index contributed by atoms with van der Waals surface area (Å²) in [6, 6.07) is -0.701. The normalized spacial score (nSPS) is 10.5. The lowest BCUT2D eigenvalue weighted by Gasteiger charge is -2.06. The molecule has 10 nitrogen and oxygen atoms in total. The Morgan fingerprint density at radius 2 is 2.08 bits per heavy atom. The molecule has 0 bridgehead atoms. The molecule has 0 aliphatic rings. The van der Waals surface area contributed by atoms with Crippen molar-refractivity contribution in [3.8, 4) is 0 Å². The van der Waals surface area contributed by atoms with Gasteiger partial charge in [0.2, 0.25) is 11.6 Å². The maximum atomic E-state index is 12.5. The van der Waals surface area contributed by atoms with Gasteiger partial charge in [-0.05, 0) is 13.8 Å². The molecule has 3 amide bonds. The van der Waals surface area contributed by atoms with Crippen molar-refractivity contribution in [2.75, 3.05) is 13.7 Å². The summed E-state index contributed by atoms with van der Waals surface area (Å²) in [5.74, 6) is -1.23. The first-order valence-corrected chi connectivity index (χ1v) is 7.06. The Hall–Kier alpha value is -3.17. The van der Waals surface area contributed by atoms with Crippen LogP contribution in [0.3, 0.4) is 0 Å². The largest absolute Gasteiger partial charge is 0.462 e. The number of fused-ring (bicyclic) bond motifs is 1. The Balaban J connectivity index is 2.44. The highest BCUT2D eigenvalue weighted by molar-refractivity contribution is 6.03. The van der Waals surface area contributed by atoms with Gasteiger partial charge in [-0.1, -0.05) is 0 Å². The molecule has 0 unspecified atom stereocenters. The number of furan rings is 1. The number of nitrogens with zero attached hydrogens (tertiary/aromatic N) is 2. The van der Waals surface area contributed by atoms with Crippen molar-refractivity contribution in [2.24, 2.45) is 0 Å². The first-order valence-electron chi connectivity index (χ1n) is 7.06. The van der Waals surface area contributed by atoms with Gasteiger partial charge < -0.3 is 14.5 Å². The Bertz CT molecular complexity index is 866. The number of hydrogen-bond donors (Lipinski definition) is 2. The molecule has 10 heteroatoms. The van der Waals surface area contributed by atoms with Crippen molar-refractivity contribution >= 4 is 29.0 Å². The number of hydrogen-bond acceptors (Lipinski definition) is 7. The Morgan fingerprint density at radius 3 is 2.71 bits per heavy atom. The molecule has 2 aromatic heterocycles. The molecule has 0 saturated heterocycles. The molecule has 0 fully saturated rings. The summed E-state index contributed by atoms with van der Waals surface area (Å²) in [6.07, 6.45) is 1.10. The maximum absolute atomic E-state index is 12.5. The SMILES string of the molecule is CCOC(=O)c1c(C)oc2ncn(CC(=O)NC(=O)NC)c(=O)c12. The van der Waals surface area contributed by atoms with Gasteiger partial charge in [-0.25, -0.2) is 14.6 Å². The van der Waals surface area contributed by atoms with Crippen LogP contribution in [0.25, 0.3) is 11.1 Å². The highest BCUT2D eigenvalue weighted by Crippen LogP contribution is 2.21. The molecular formula is C14H16N4O6. The van der Waals surface area contributed by atoms with Gasteiger partial charge in [0.05, 0.1) is 6.61 Å². The smallest absolute Gasteiger partial charge is 0.342 e. The fourth-order valence-corrected chi connectivity index (χ4v) is 2.08. The number of esters is 1. The number of urea groups is 1. The minimum atomic E-state index is -0.712. The number of aryl methyl sites for hydroxylation is 1. The first kappa shape index (κ1) is 17.2. The second kappa shape index (κ2) is 6.94. The number of carbonyl (C=O) groups is 3. The predicted octanol–water partition coefficient (Wildman–Crippen LogP) is -0.0698. The van der Waals surface area contributed by atoms with E-state index < -0.39 is 30.0 Å². The molecule has 2 rings (SSSR count). The van der Waals surface area contributed by atoms with Crippen LogP contribution in [0.1, 0.15) is 23.0 Å². The summed E-state index contributed by atoms with van der Waals surface area (Å²) < 4.78 is 11.2. The van der Waals surface area contributed by atoms with Crippen molar-refractivity contribution in [2.45, 2.75) is 20.4 Å². The van der Waals surface area contributed by atoms with E-state index >= 15 is 0 Å². The summed E-state index contributed by atoms with van der Waals surface area (Å²) in [5, 5.41) is 4.17. The lowest BCUT2D eigenvalue weighted by Crippen LogP contribution is -2.40. The molecule has 24 heavy (non-hydrogen) atoms. The first-order chi connectivity index (χ1) is 11.4. The lowest BCUT2D eigenvalue weighted by molar-refractivity contribution is -0.120. The molecule has 0 atom stereocenters. The van der Waals surface area contributed by atoms with Gasteiger partial charge >= 0.3 is 12.0 Å². The highest BCUT2D eigenvalue weighted by Gasteiger charge is 2.24. The third-order valence-electron chi connectivity index (χ3n) is 3.13. The second-order valence-electron chi connectivity index (χ2n) is 4.74. The van der Waals surface area contributed by atoms with E-state index in [1.807, 2.05) is 5.32 Å². The van der Waals surface area contributed by atoms with Crippen molar-refractivity contribution in [1.29, 1.82) is 0 Å². The van der Waals surface area contributed by atoms with Crippen LogP contribution in [0.15, 0.2) is 15.5 Å². The van der Waals surface area contributed by atoms with Crippen LogP contribution in [0.2, 0.25) is 0 Å². The molecular weight excluding hydrogens is 320 g/mol. The molecule has 2 aromatic rings. The van der Waals surface area contributed by atoms with Gasteiger partial charge in [0.25, 0.3) is 5.56 Å². The summed E-state index contributed by atoms with van der Waals surface area (Å²) in [5.41, 5.74) is -0.694. The summed E-state index contributed by atoms with van der Waals surface area (Å²) in [4.78, 5) is 51.3. The highest BCUT2D eigenvalue weighted by atomic mass is 16.5. The number of amides is 3. The third kappa shape index (κ3) is 3.26. The molecule has 0 aromatic carbocycles. The number of ether oxygens (including phenoxy) is 1. The zero-order valence-corrected chi connectivity index (χ0v) is 13.3. The number of carbonyl (C=O) groups excluding carboxylic acids is 3. The Kier molecular flexibility index (Phi) is 4.97. The Labute approximate surface area is 135 Å². The average Bonchev–Trinajstić information content (AvgIpc) is 2.87. The standard InChI is InChI=1S/C14H16N4O6/c1-4-23-13(21)9-7(2)24-11-10(9)12(20)18(6-16-11)5-8(19)17-14(22)15-3/h6H,4-5H2,1-3H3,(H2,15,17,19,22). The van der Waals surface area contributed by atoms with E-state index in [1.165, 1.54) is 14.0 Å². The number of imide groups is 1. The van der Waals surface area contributed by atoms with Gasteiger partial charge in [-0.15, -0.1) is 0 Å². The molecule has 0 spiro atoms. The van der Waals surface area contributed by atoms with E-state index in [-0.39, 0.29) is 29.0 Å². The minimum Gasteiger partial charge on any atom is -0.462 e. The monoisotopic (exact) mass is 336 g/mol. The van der Waals surface area contributed by atoms with Gasteiger partial charge in [0.1, 0.15) is 29.6 Å². The van der Waals surface area contributed by atoms with Crippen molar-refractivity contribution in [1.82, 2.24) is 20.2 Å². The van der Waals surface area contributed by atoms with E-state index in [4.69, 9.17) is 9.15 Å². The second-order valence-corrected chi connectivity index (χ2v) is 4.74. The van der Waals surface area contributed by atoms with E-state index in [0.29, 0.717) is 0 Å². The molecule has 128 valence electrons. The van der Waals surface area contributed by atoms with Crippen molar-refractivity contribution in [3.63, 3.8) is 0 Å². The Morgan fingerprint density at radius 1 is 1.38 bits per heavy atom. The van der Waals surface area contributed by atoms with E-state index in [1.54, 1.807) is 6.92 Å². The van der Waals surface area contributed by atoms with Crippen LogP contribution in [-0.2, 0) is 16.1 Å². The zero-order valence-electron chi connectivity index (χ0n) is 13.3. The van der Waals surface area contributed by atoms with E-state index in [2.05, 4.69) is 10.3 Å². The zero-order chi connectivity index (χ0) is 17.9. The average molecular weight is 336 g/mol. The van der Waals surface area contributed by atoms with Crippen LogP contribution in [0.4, 0.5) is 4.79 Å². The van der Waals surface area contributed by atoms with E-state index in [9.17, 15) is 19.2 Å². The van der Waals surface area contributed by atoms with Gasteiger partial charge in [-0.3, -0.25) is 19.5 Å². The quantitative estimate of drug-likeness (QED) is 0.747. The van der Waals surface area contributed by atoms with E-state index in [0.717, 1.165) is 10.9 Å². The third-order valence-corrected chi connectivity index (χ3v) is 3.13. The van der Waals surface area contributed by atoms with Crippen LogP contribution in [0, 0.1) is 6.92 Å². The molecule has 2 N–H and O–H groups in total. The molecule has 0 radical (unpaired) electrons. The molecule has 0 saturated carbocycles. The van der Waals surface area contributed by atoms with Gasteiger partial charge in [-0.2, -0.15) is 0 Å². The molecule has 2 heterocycles. The van der Waals surface area contributed by atoms with Crippen LogP contribution < -0.4 is 16.2 Å². The van der Waals surface area contributed by atoms with Crippen LogP contribution >= 0.6 is 0 Å². The number of nitrogens with one attached hydrogen (secondary N) is 2. The predicted molar refractivity (Wildman–Crippen MR) is 81.6 cm³/mol. The number of rotatable bonds is 4. The van der Waals surface area contributed by atoms with Crippen LogP contribution in [0.5, 0.6) is 0 Å². The fourth-order valence-electron chi connectivity index (χ4n) is 2.08. The van der Waals surface area contributed by atoms with Gasteiger partial charge in [0.15, 0.2) is 0 Å². The summed E-state index contributed by atoms with van der Waals surface area (Å²) >= 11 is 0. The van der Waals surface area contributed by atoms with Crippen molar-refractivity contribution < 1.29 is 23.5 Å². The fraction of sp³-hybridized carbons (Fsp3) is 0.357. The lowest BCUT2D eigenvalue weighted by atomic mass is 10.2. The molecule has 0 aliphatic carbocycles. The summed E-state index contributed by atoms with van der Waals surface area (Å²) in [6.45, 7) is 2.83. The van der Waals surface area contributed by atoms with Gasteiger partial charge in [0, 0.05) is 7.05 Å².